The lowest BCUT2D eigenvalue weighted by atomic mass is 10.0. The number of aromatic nitrogens is 3. The molecule has 0 fully saturated rings. The number of nitro benzene ring substituents is 3. The van der Waals surface area contributed by atoms with E-state index in [9.17, 15) is 82.0 Å². The first-order valence-corrected chi connectivity index (χ1v) is 27.7. The Hall–Kier alpha value is -13.2. The van der Waals surface area contributed by atoms with E-state index in [-0.39, 0.29) is 76.0 Å². The van der Waals surface area contributed by atoms with Crippen LogP contribution in [0.5, 0.6) is 23.0 Å². The summed E-state index contributed by atoms with van der Waals surface area (Å²) in [5.74, 6) is -3.03. The van der Waals surface area contributed by atoms with Gasteiger partial charge < -0.3 is 31.2 Å². The Morgan fingerprint density at radius 3 is 1.33 bits per heavy atom. The van der Waals surface area contributed by atoms with Crippen LogP contribution in [0.1, 0.15) is 97.4 Å². The summed E-state index contributed by atoms with van der Waals surface area (Å²) in [6.07, 6.45) is 6.25. The maximum Gasteiger partial charge on any atom is 0.306 e. The summed E-state index contributed by atoms with van der Waals surface area (Å²) in [5.41, 5.74) is 11.0. The molecule has 0 bridgehead atoms. The quantitative estimate of drug-likeness (QED) is 0.0320. The number of ether oxygens (including phenoxy) is 2. The largest absolute Gasteiger partial charge is 0.456 e. The average molecular weight is 1320 g/mol. The first-order chi connectivity index (χ1) is 45.6. The first-order valence-electron chi connectivity index (χ1n) is 27.7. The van der Waals surface area contributed by atoms with Crippen molar-refractivity contribution in [3.8, 4) is 53.3 Å². The van der Waals surface area contributed by atoms with Gasteiger partial charge in [-0.3, -0.25) is 59.5 Å². The maximum absolute atomic E-state index is 13.0. The summed E-state index contributed by atoms with van der Waals surface area (Å²) in [5, 5.41) is 78.0. The summed E-state index contributed by atoms with van der Waals surface area (Å²) < 4.78 is 74.8. The van der Waals surface area contributed by atoms with Crippen LogP contribution in [-0.2, 0) is 46.5 Å². The highest BCUT2D eigenvalue weighted by atomic mass is 19.1. The Morgan fingerprint density at radius 2 is 0.938 bits per heavy atom. The monoisotopic (exact) mass is 1320 g/mol. The van der Waals surface area contributed by atoms with Gasteiger partial charge in [0, 0.05) is 86.5 Å². The number of carbonyl (C=O) groups is 3. The van der Waals surface area contributed by atoms with E-state index in [1.54, 1.807) is 62.5 Å². The minimum Gasteiger partial charge on any atom is -0.456 e. The number of anilines is 2. The zero-order chi connectivity index (χ0) is 72.4. The molecule has 0 aliphatic carbocycles. The summed E-state index contributed by atoms with van der Waals surface area (Å²) in [6.45, 7) is 9.68. The van der Waals surface area contributed by atoms with E-state index in [1.807, 2.05) is 13.0 Å². The smallest absolute Gasteiger partial charge is 0.306 e. The molecule has 5 aromatic carbocycles. The molecule has 0 saturated carbocycles. The molecule has 0 saturated heterocycles. The number of H-pyrrole nitrogens is 1. The highest BCUT2D eigenvalue weighted by Crippen LogP contribution is 2.34. The molecule has 31 heteroatoms. The molecular formula is C65H57F5N14O12. The van der Waals surface area contributed by atoms with Gasteiger partial charge in [0.05, 0.1) is 48.4 Å². The predicted octanol–water partition coefficient (Wildman–Crippen LogP) is 12.0. The number of carbonyl (C=O) groups excluding carboxylic acids is 3. The SMILES string of the molecule is CC(=O)Nc1cc(=O)cc[nH]1.CCc1c(N)ccc(Oc2ccnc(CC(C)=O)c2)c1C#N.CCc1c([N+](=O)[O-])ccc(F)c1C#N.CCc1c([N+](=O)[O-])ccc(Oc2ccnc(CC(C)=O)c2)c1C#N.CN.N#Cc1c(F)ccc([N+](=O)[O-])c1F.N#Cc1c(F)cccc1F. The number of Topliss-reactive ketones (excluding diaryl/α,β-unsaturated/α-hetero) is 2. The molecule has 96 heavy (non-hydrogen) atoms. The van der Waals surface area contributed by atoms with Crippen LogP contribution in [-0.4, -0.2) is 54.2 Å². The minimum absolute atomic E-state index is 0.0269. The molecule has 26 nitrogen and oxygen atoms in total. The van der Waals surface area contributed by atoms with Gasteiger partial charge in [0.2, 0.25) is 11.7 Å². The molecule has 0 atom stereocenters. The zero-order valence-electron chi connectivity index (χ0n) is 52.0. The normalized spacial score (nSPS) is 9.50. The van der Waals surface area contributed by atoms with Crippen LogP contribution in [0.4, 0.5) is 50.5 Å². The highest BCUT2D eigenvalue weighted by molar-refractivity contribution is 5.87. The van der Waals surface area contributed by atoms with E-state index in [0.717, 1.165) is 29.8 Å². The number of nitrogens with two attached hydrogens (primary N) is 2. The molecule has 3 heterocycles. The number of benzene rings is 5. The molecule has 8 rings (SSSR count). The molecule has 494 valence electrons. The second kappa shape index (κ2) is 39.8. The molecule has 6 N–H and O–H groups in total. The lowest BCUT2D eigenvalue weighted by molar-refractivity contribution is -0.387. The van der Waals surface area contributed by atoms with Crippen LogP contribution in [0.2, 0.25) is 0 Å². The van der Waals surface area contributed by atoms with Crippen molar-refractivity contribution in [2.45, 2.75) is 73.6 Å². The Balaban J connectivity index is 0.000000401. The maximum atomic E-state index is 13.0. The molecule has 0 unspecified atom stereocenters. The summed E-state index contributed by atoms with van der Waals surface area (Å²) in [6, 6.07) is 30.5. The number of nitrogens with zero attached hydrogens (tertiary/aromatic N) is 10. The number of nitro groups is 3. The third kappa shape index (κ3) is 23.9. The van der Waals surface area contributed by atoms with E-state index >= 15 is 0 Å². The Morgan fingerprint density at radius 1 is 0.542 bits per heavy atom. The van der Waals surface area contributed by atoms with Gasteiger partial charge in [-0.1, -0.05) is 26.8 Å². The van der Waals surface area contributed by atoms with Gasteiger partial charge in [0.1, 0.15) is 111 Å². The van der Waals surface area contributed by atoms with Gasteiger partial charge >= 0.3 is 5.69 Å². The summed E-state index contributed by atoms with van der Waals surface area (Å²) >= 11 is 0. The standard InChI is InChI=1S/C17H15N3O4.C17H17N3O2.C9H7FN2O2.C7H2F2N2O2.C7H3F2N.C7H8N2O2.CH5N/c1-3-14-15(10-18)17(5-4-16(14)20(22)23)24-13-6-7-19-12(9-13)8-11(2)21;1-3-14-15(10-18)17(5-4-16(14)19)22-13-6-7-20-12(9-13)8-11(2)21;1-2-6-7(5-11)8(10)3-4-9(6)12(13)14;8-5-1-2-6(11(12)13)7(9)4(5)3-10;8-6-2-1-3-7(9)5(6)4-10;1-5(10)9-7-4-6(11)2-3-8-7;1-2/h4-7,9H,3,8H2,1-2H3;4-7,9H,3,8,19H2,1-2H3;3-4H,2H2,1H3;1-2H;1-3H;2-4H,1H3,(H2,8,9,10,11);2H2,1H3. The number of nitrogen functional groups attached to an aromatic ring is 1. The number of pyridine rings is 3. The lowest BCUT2D eigenvalue weighted by Gasteiger charge is -2.12. The van der Waals surface area contributed by atoms with Gasteiger partial charge in [-0.05, 0) is 100 Å². The fraction of sp³-hybridized carbons (Fsp3) is 0.185. The van der Waals surface area contributed by atoms with Crippen molar-refractivity contribution in [3.63, 3.8) is 0 Å². The highest BCUT2D eigenvalue weighted by Gasteiger charge is 2.23. The third-order valence-electron chi connectivity index (χ3n) is 12.0. The minimum atomic E-state index is -1.44. The van der Waals surface area contributed by atoms with Crippen molar-refractivity contribution in [1.29, 1.82) is 26.3 Å². The van der Waals surface area contributed by atoms with E-state index in [4.69, 9.17) is 31.0 Å². The first kappa shape index (κ1) is 78.9. The second-order valence-electron chi connectivity index (χ2n) is 18.7. The number of rotatable bonds is 15. The van der Waals surface area contributed by atoms with Gasteiger partial charge in [-0.2, -0.15) is 30.7 Å². The number of nitriles is 5. The van der Waals surface area contributed by atoms with Crippen molar-refractivity contribution in [3.05, 3.63) is 247 Å². The van der Waals surface area contributed by atoms with Crippen molar-refractivity contribution in [1.82, 2.24) is 15.0 Å². The number of hydrogen-bond donors (Lipinski definition) is 4. The lowest BCUT2D eigenvalue weighted by Crippen LogP contribution is -2.09. The Kier molecular flexibility index (Phi) is 32.8. The van der Waals surface area contributed by atoms with Crippen molar-refractivity contribution in [2.75, 3.05) is 18.1 Å². The molecule has 3 aromatic heterocycles. The average Bonchev–Trinajstić information content (AvgIpc) is 0.833. The Bertz CT molecular complexity index is 4420. The summed E-state index contributed by atoms with van der Waals surface area (Å²) in [7, 11) is 1.50. The van der Waals surface area contributed by atoms with Gasteiger partial charge in [-0.15, -0.1) is 0 Å². The number of nitrogens with one attached hydrogen (secondary N) is 2. The van der Waals surface area contributed by atoms with E-state index in [2.05, 4.69) is 32.1 Å². The van der Waals surface area contributed by atoms with Crippen LogP contribution in [0.15, 0.2) is 127 Å². The summed E-state index contributed by atoms with van der Waals surface area (Å²) in [4.78, 5) is 84.1. The molecule has 0 aliphatic rings. The Labute approximate surface area is 544 Å². The molecule has 0 spiro atoms. The number of hydrogen-bond acceptors (Lipinski definition) is 21. The molecule has 0 radical (unpaired) electrons. The van der Waals surface area contributed by atoms with Crippen LogP contribution in [0.3, 0.4) is 0 Å². The molecule has 1 amide bonds. The van der Waals surface area contributed by atoms with Gasteiger partial charge in [-0.25, -0.2) is 17.6 Å². The second-order valence-corrected chi connectivity index (χ2v) is 18.7. The van der Waals surface area contributed by atoms with Crippen LogP contribution in [0, 0.1) is 116 Å². The molecule has 8 aromatic rings. The van der Waals surface area contributed by atoms with Crippen molar-refractivity contribution in [2.24, 2.45) is 5.73 Å². The van der Waals surface area contributed by atoms with E-state index < -0.39 is 60.7 Å². The fourth-order valence-corrected chi connectivity index (χ4v) is 7.93. The zero-order valence-corrected chi connectivity index (χ0v) is 52.0. The number of amides is 1. The van der Waals surface area contributed by atoms with Crippen LogP contribution >= 0.6 is 0 Å². The van der Waals surface area contributed by atoms with Gasteiger partial charge in [0.25, 0.3) is 11.4 Å². The number of ketones is 2. The topological polar surface area (TPSA) is 441 Å². The molecular weight excluding hydrogens is 1260 g/mol. The number of aromatic amines is 1. The van der Waals surface area contributed by atoms with Crippen LogP contribution in [0.25, 0.3) is 0 Å². The third-order valence-corrected chi connectivity index (χ3v) is 12.0. The van der Waals surface area contributed by atoms with Gasteiger partial charge in [0.15, 0.2) is 5.43 Å². The van der Waals surface area contributed by atoms with Crippen molar-refractivity contribution < 1.29 is 60.6 Å². The molecule has 0 aliphatic heterocycles. The van der Waals surface area contributed by atoms with E-state index in [1.165, 1.54) is 82.7 Å². The van der Waals surface area contributed by atoms with E-state index in [0.29, 0.717) is 76.2 Å². The fourth-order valence-electron chi connectivity index (χ4n) is 7.93. The van der Waals surface area contributed by atoms with Crippen molar-refractivity contribution >= 4 is 46.0 Å². The predicted molar refractivity (Wildman–Crippen MR) is 337 cm³/mol. The number of halogens is 5. The van der Waals surface area contributed by atoms with Crippen LogP contribution < -0.4 is 31.7 Å².